The fourth-order valence-electron chi connectivity index (χ4n) is 9.55. The minimum Gasteiger partial charge on any atom is -0.462 e. The number of hydrogen-bond donors (Lipinski definition) is 0. The van der Waals surface area contributed by atoms with Crippen molar-refractivity contribution in [3.05, 3.63) is 0 Å². The van der Waals surface area contributed by atoms with E-state index in [1.54, 1.807) is 0 Å². The van der Waals surface area contributed by atoms with Gasteiger partial charge in [-0.3, -0.25) is 14.4 Å². The Labute approximate surface area is 425 Å². The fourth-order valence-corrected chi connectivity index (χ4v) is 9.55. The van der Waals surface area contributed by atoms with Crippen LogP contribution in [0.25, 0.3) is 0 Å². The van der Waals surface area contributed by atoms with Crippen molar-refractivity contribution in [1.29, 1.82) is 0 Å². The van der Waals surface area contributed by atoms with Gasteiger partial charge in [-0.05, 0) is 31.1 Å². The van der Waals surface area contributed by atoms with Gasteiger partial charge in [-0.15, -0.1) is 0 Å². The van der Waals surface area contributed by atoms with Crippen molar-refractivity contribution >= 4 is 17.9 Å². The summed E-state index contributed by atoms with van der Waals surface area (Å²) < 4.78 is 16.9. The minimum absolute atomic E-state index is 0.0633. The summed E-state index contributed by atoms with van der Waals surface area (Å²) >= 11 is 0. The molecule has 0 heterocycles. The van der Waals surface area contributed by atoms with E-state index in [0.29, 0.717) is 19.3 Å². The molecule has 0 aromatic rings. The fraction of sp³-hybridized carbons (Fsp3) is 0.952. The number of carbonyl (C=O) groups excluding carboxylic acids is 3. The van der Waals surface area contributed by atoms with Crippen molar-refractivity contribution in [1.82, 2.24) is 0 Å². The van der Waals surface area contributed by atoms with Gasteiger partial charge in [-0.25, -0.2) is 0 Å². The summed E-state index contributed by atoms with van der Waals surface area (Å²) in [5.41, 5.74) is 0. The van der Waals surface area contributed by atoms with E-state index in [0.717, 1.165) is 69.6 Å². The zero-order valence-electron chi connectivity index (χ0n) is 46.7. The summed E-state index contributed by atoms with van der Waals surface area (Å²) in [5, 5.41) is 0. The van der Waals surface area contributed by atoms with Crippen LogP contribution in [-0.4, -0.2) is 37.2 Å². The molecular weight excluding hydrogens is 841 g/mol. The van der Waals surface area contributed by atoms with E-state index in [1.165, 1.54) is 238 Å². The smallest absolute Gasteiger partial charge is 0.306 e. The third-order valence-electron chi connectivity index (χ3n) is 14.6. The van der Waals surface area contributed by atoms with Crippen LogP contribution in [0, 0.1) is 11.8 Å². The van der Waals surface area contributed by atoms with E-state index in [9.17, 15) is 14.4 Å². The van der Waals surface area contributed by atoms with Gasteiger partial charge < -0.3 is 14.2 Å². The van der Waals surface area contributed by atoms with Crippen LogP contribution >= 0.6 is 0 Å². The Morgan fingerprint density at radius 1 is 0.309 bits per heavy atom. The van der Waals surface area contributed by atoms with Crippen molar-refractivity contribution in [2.24, 2.45) is 11.8 Å². The Kier molecular flexibility index (Phi) is 53.5. The molecule has 6 nitrogen and oxygen atoms in total. The number of esters is 3. The lowest BCUT2D eigenvalue weighted by molar-refractivity contribution is -0.167. The number of ether oxygens (including phenoxy) is 3. The van der Waals surface area contributed by atoms with E-state index in [2.05, 4.69) is 34.6 Å². The molecule has 2 atom stereocenters. The molecule has 0 fully saturated rings. The van der Waals surface area contributed by atoms with Crippen molar-refractivity contribution < 1.29 is 28.6 Å². The maximum Gasteiger partial charge on any atom is 0.306 e. The highest BCUT2D eigenvalue weighted by Crippen LogP contribution is 2.19. The topological polar surface area (TPSA) is 78.9 Å². The molecule has 0 aliphatic heterocycles. The summed E-state index contributed by atoms with van der Waals surface area (Å²) in [7, 11) is 0. The zero-order valence-corrected chi connectivity index (χ0v) is 46.7. The van der Waals surface area contributed by atoms with Gasteiger partial charge in [0.15, 0.2) is 6.10 Å². The average molecular weight is 962 g/mol. The van der Waals surface area contributed by atoms with Crippen LogP contribution in [0.15, 0.2) is 0 Å². The SMILES string of the molecule is CCCCCCCCCCCCCCCCCCCCCC(=O)O[C@@H](COC(=O)CCCCCCCCCCCCCCCCCCCCC(C)CC)COC(=O)CCCCCCCCC(C)C. The van der Waals surface area contributed by atoms with Gasteiger partial charge in [0.05, 0.1) is 0 Å². The second-order valence-corrected chi connectivity index (χ2v) is 22.1. The van der Waals surface area contributed by atoms with Crippen molar-refractivity contribution in [3.8, 4) is 0 Å². The highest BCUT2D eigenvalue weighted by atomic mass is 16.6. The third-order valence-corrected chi connectivity index (χ3v) is 14.6. The van der Waals surface area contributed by atoms with Crippen LogP contribution < -0.4 is 0 Å². The first kappa shape index (κ1) is 66.4. The normalized spacial score (nSPS) is 12.4. The molecule has 0 N–H and O–H groups in total. The van der Waals surface area contributed by atoms with E-state index in [4.69, 9.17) is 14.2 Å². The van der Waals surface area contributed by atoms with E-state index in [1.807, 2.05) is 0 Å². The third kappa shape index (κ3) is 53.8. The number of rotatable bonds is 56. The second kappa shape index (κ2) is 54.7. The number of hydrogen-bond acceptors (Lipinski definition) is 6. The van der Waals surface area contributed by atoms with Crippen LogP contribution in [-0.2, 0) is 28.6 Å². The van der Waals surface area contributed by atoms with Gasteiger partial charge in [0.2, 0.25) is 0 Å². The first-order valence-electron chi connectivity index (χ1n) is 30.8. The molecule has 0 aromatic heterocycles. The van der Waals surface area contributed by atoms with E-state index >= 15 is 0 Å². The molecule has 6 heteroatoms. The van der Waals surface area contributed by atoms with Crippen LogP contribution in [0.4, 0.5) is 0 Å². The van der Waals surface area contributed by atoms with Crippen LogP contribution in [0.5, 0.6) is 0 Å². The predicted octanol–water partition coefficient (Wildman–Crippen LogP) is 20.4. The van der Waals surface area contributed by atoms with Gasteiger partial charge in [0, 0.05) is 19.3 Å². The lowest BCUT2D eigenvalue weighted by Gasteiger charge is -2.18. The van der Waals surface area contributed by atoms with Crippen molar-refractivity contribution in [2.75, 3.05) is 13.2 Å². The van der Waals surface area contributed by atoms with E-state index < -0.39 is 6.10 Å². The molecule has 0 aromatic carbocycles. The van der Waals surface area contributed by atoms with Crippen LogP contribution in [0.3, 0.4) is 0 Å². The Hall–Kier alpha value is -1.59. The molecule has 0 bridgehead atoms. The molecule has 1 unspecified atom stereocenters. The molecular formula is C62H120O6. The lowest BCUT2D eigenvalue weighted by Crippen LogP contribution is -2.30. The van der Waals surface area contributed by atoms with Gasteiger partial charge in [0.1, 0.15) is 13.2 Å². The molecule has 0 amide bonds. The summed E-state index contributed by atoms with van der Waals surface area (Å²) in [5.74, 6) is 0.831. The van der Waals surface area contributed by atoms with Crippen molar-refractivity contribution in [3.63, 3.8) is 0 Å². The minimum atomic E-state index is -0.763. The molecule has 0 aliphatic carbocycles. The number of carbonyl (C=O) groups is 3. The first-order chi connectivity index (χ1) is 33.3. The molecule has 404 valence electrons. The average Bonchev–Trinajstić information content (AvgIpc) is 3.33. The molecule has 0 saturated carbocycles. The Morgan fingerprint density at radius 3 is 0.838 bits per heavy atom. The Morgan fingerprint density at radius 2 is 0.559 bits per heavy atom. The van der Waals surface area contributed by atoms with Gasteiger partial charge >= 0.3 is 17.9 Å². The highest BCUT2D eigenvalue weighted by Gasteiger charge is 2.19. The quantitative estimate of drug-likeness (QED) is 0.0343. The second-order valence-electron chi connectivity index (χ2n) is 22.1. The van der Waals surface area contributed by atoms with Gasteiger partial charge in [-0.2, -0.15) is 0 Å². The summed E-state index contributed by atoms with van der Waals surface area (Å²) in [6.07, 6.45) is 59.8. The van der Waals surface area contributed by atoms with Crippen LogP contribution in [0.2, 0.25) is 0 Å². The van der Waals surface area contributed by atoms with Gasteiger partial charge in [-0.1, -0.05) is 311 Å². The molecule has 0 spiro atoms. The monoisotopic (exact) mass is 961 g/mol. The molecule has 0 radical (unpaired) electrons. The highest BCUT2D eigenvalue weighted by molar-refractivity contribution is 5.71. The molecule has 68 heavy (non-hydrogen) atoms. The summed E-state index contributed by atoms with van der Waals surface area (Å²) in [6, 6.07) is 0. The Bertz CT molecular complexity index is 1040. The molecule has 0 aliphatic rings. The standard InChI is InChI=1S/C62H120O6/c1-6-8-9-10-11-12-13-14-15-16-17-22-25-28-31-34-37-44-49-54-62(65)68-59(56-67-61(64)53-48-43-39-38-40-45-50-57(3)4)55-66-60(63)52-47-42-36-33-30-27-24-21-19-18-20-23-26-29-32-35-41-46-51-58(5)7-2/h57-59H,6-56H2,1-5H3/t58?,59-/m0/s1. The maximum atomic E-state index is 12.9. The largest absolute Gasteiger partial charge is 0.462 e. The lowest BCUT2D eigenvalue weighted by atomic mass is 9.99. The first-order valence-corrected chi connectivity index (χ1v) is 30.8. The Balaban J connectivity index is 4.16. The van der Waals surface area contributed by atoms with E-state index in [-0.39, 0.29) is 31.1 Å². The summed E-state index contributed by atoms with van der Waals surface area (Å²) in [6.45, 7) is 11.4. The molecule has 0 rings (SSSR count). The van der Waals surface area contributed by atoms with Crippen LogP contribution in [0.1, 0.15) is 349 Å². The summed E-state index contributed by atoms with van der Waals surface area (Å²) in [4.78, 5) is 38.1. The van der Waals surface area contributed by atoms with Gasteiger partial charge in [0.25, 0.3) is 0 Å². The van der Waals surface area contributed by atoms with Crippen molar-refractivity contribution in [2.45, 2.75) is 355 Å². The number of unbranched alkanes of at least 4 members (excludes halogenated alkanes) is 40. The maximum absolute atomic E-state index is 12.9. The molecule has 0 saturated heterocycles. The predicted molar refractivity (Wildman–Crippen MR) is 293 cm³/mol. The zero-order chi connectivity index (χ0) is 49.6.